The predicted molar refractivity (Wildman–Crippen MR) is 106 cm³/mol. The minimum atomic E-state index is 0.0257. The first-order valence-electron chi connectivity index (χ1n) is 9.17. The fraction of sp³-hybridized carbons (Fsp3) is 0.286. The third-order valence-corrected chi connectivity index (χ3v) is 5.24. The van der Waals surface area contributed by atoms with E-state index in [9.17, 15) is 4.79 Å². The average molecular weight is 398 g/mol. The smallest absolute Gasteiger partial charge is 0.253 e. The topological polar surface area (TPSA) is 68.5 Å². The van der Waals surface area contributed by atoms with Gasteiger partial charge in [-0.2, -0.15) is 4.98 Å². The van der Waals surface area contributed by atoms with Crippen LogP contribution >= 0.6 is 11.6 Å². The van der Waals surface area contributed by atoms with Gasteiger partial charge in [0.2, 0.25) is 11.7 Å². The molecular formula is C21H20ClN3O3. The third-order valence-electron chi connectivity index (χ3n) is 4.99. The molecule has 0 saturated carbocycles. The molecule has 1 aliphatic rings. The van der Waals surface area contributed by atoms with Crippen LogP contribution in [0.1, 0.15) is 35.0 Å². The van der Waals surface area contributed by atoms with Crippen LogP contribution in [0.5, 0.6) is 5.75 Å². The van der Waals surface area contributed by atoms with Crippen molar-refractivity contribution >= 4 is 17.5 Å². The van der Waals surface area contributed by atoms with Crippen LogP contribution in [-0.4, -0.2) is 41.1 Å². The van der Waals surface area contributed by atoms with E-state index in [1.165, 1.54) is 0 Å². The lowest BCUT2D eigenvalue weighted by Gasteiger charge is -2.30. The Labute approximate surface area is 168 Å². The summed E-state index contributed by atoms with van der Waals surface area (Å²) in [5, 5.41) is 4.74. The van der Waals surface area contributed by atoms with Gasteiger partial charge < -0.3 is 14.2 Å². The Kier molecular flexibility index (Phi) is 5.30. The maximum absolute atomic E-state index is 12.6. The molecule has 28 heavy (non-hydrogen) atoms. The van der Waals surface area contributed by atoms with Crippen molar-refractivity contribution < 1.29 is 14.1 Å². The van der Waals surface area contributed by atoms with Crippen molar-refractivity contribution in [3.05, 3.63) is 65.0 Å². The maximum atomic E-state index is 12.6. The molecule has 6 nitrogen and oxygen atoms in total. The Morgan fingerprint density at radius 2 is 1.93 bits per heavy atom. The van der Waals surface area contributed by atoms with E-state index in [4.69, 9.17) is 20.9 Å². The summed E-state index contributed by atoms with van der Waals surface area (Å²) in [5.74, 6) is 2.10. The molecule has 0 unspecified atom stereocenters. The van der Waals surface area contributed by atoms with Crippen molar-refractivity contribution in [2.45, 2.75) is 18.8 Å². The van der Waals surface area contributed by atoms with Crippen molar-refractivity contribution in [2.75, 3.05) is 20.2 Å². The van der Waals surface area contributed by atoms with Crippen LogP contribution in [0, 0.1) is 0 Å². The van der Waals surface area contributed by atoms with Crippen LogP contribution in [0.2, 0.25) is 5.02 Å². The summed E-state index contributed by atoms with van der Waals surface area (Å²) in [5.41, 5.74) is 1.51. The molecule has 1 saturated heterocycles. The van der Waals surface area contributed by atoms with Crippen LogP contribution in [-0.2, 0) is 0 Å². The Balaban J connectivity index is 1.41. The molecule has 3 aromatic rings. The van der Waals surface area contributed by atoms with Crippen molar-refractivity contribution in [1.29, 1.82) is 0 Å². The number of carbonyl (C=O) groups is 1. The Hall–Kier alpha value is -2.86. The molecule has 1 amide bonds. The fourth-order valence-electron chi connectivity index (χ4n) is 3.39. The van der Waals surface area contributed by atoms with Gasteiger partial charge in [0.25, 0.3) is 5.91 Å². The van der Waals surface area contributed by atoms with E-state index in [-0.39, 0.29) is 11.8 Å². The minimum absolute atomic E-state index is 0.0257. The molecule has 0 atom stereocenters. The zero-order chi connectivity index (χ0) is 19.5. The van der Waals surface area contributed by atoms with E-state index in [0.717, 1.165) is 24.2 Å². The number of likely N-dealkylation sites (tertiary alicyclic amines) is 1. The maximum Gasteiger partial charge on any atom is 0.253 e. The largest absolute Gasteiger partial charge is 0.497 e. The molecule has 1 aromatic heterocycles. The standard InChI is InChI=1S/C21H20ClN3O3/c1-27-18-4-2-3-16(13-18)19-23-20(28-24-19)14-9-11-25(12-10-14)21(26)15-5-7-17(22)8-6-15/h2-8,13-14H,9-12H2,1H3. The van der Waals surface area contributed by atoms with Gasteiger partial charge in [-0.15, -0.1) is 0 Å². The van der Waals surface area contributed by atoms with Crippen LogP contribution in [0.3, 0.4) is 0 Å². The van der Waals surface area contributed by atoms with Crippen molar-refractivity contribution in [1.82, 2.24) is 15.0 Å². The first-order chi connectivity index (χ1) is 13.6. The number of methoxy groups -OCH3 is 1. The summed E-state index contributed by atoms with van der Waals surface area (Å²) >= 11 is 5.90. The number of nitrogens with zero attached hydrogens (tertiary/aromatic N) is 3. The average Bonchev–Trinajstić information content (AvgIpc) is 3.24. The van der Waals surface area contributed by atoms with Gasteiger partial charge >= 0.3 is 0 Å². The van der Waals surface area contributed by atoms with Crippen LogP contribution in [0.25, 0.3) is 11.4 Å². The number of rotatable bonds is 4. The van der Waals surface area contributed by atoms with E-state index in [0.29, 0.717) is 35.4 Å². The Bertz CT molecular complexity index is 963. The molecule has 2 heterocycles. The number of benzene rings is 2. The highest BCUT2D eigenvalue weighted by Gasteiger charge is 2.28. The molecule has 1 fully saturated rings. The molecule has 0 aliphatic carbocycles. The number of halogens is 1. The van der Waals surface area contributed by atoms with E-state index in [1.807, 2.05) is 29.2 Å². The first kappa shape index (κ1) is 18.5. The molecule has 4 rings (SSSR count). The van der Waals surface area contributed by atoms with Gasteiger partial charge in [0, 0.05) is 35.2 Å². The molecule has 7 heteroatoms. The summed E-state index contributed by atoms with van der Waals surface area (Å²) in [6.45, 7) is 1.31. The predicted octanol–water partition coefficient (Wildman–Crippen LogP) is 4.42. The van der Waals surface area contributed by atoms with Gasteiger partial charge in [-0.1, -0.05) is 28.9 Å². The van der Waals surface area contributed by atoms with Gasteiger partial charge in [-0.25, -0.2) is 0 Å². The lowest BCUT2D eigenvalue weighted by molar-refractivity contribution is 0.0704. The van der Waals surface area contributed by atoms with Crippen LogP contribution < -0.4 is 4.74 Å². The van der Waals surface area contributed by atoms with Gasteiger partial charge in [0.05, 0.1) is 7.11 Å². The zero-order valence-electron chi connectivity index (χ0n) is 15.5. The number of aromatic nitrogens is 2. The highest BCUT2D eigenvalue weighted by molar-refractivity contribution is 6.30. The Morgan fingerprint density at radius 3 is 2.64 bits per heavy atom. The molecular weight excluding hydrogens is 378 g/mol. The zero-order valence-corrected chi connectivity index (χ0v) is 16.2. The SMILES string of the molecule is COc1cccc(-c2noc(C3CCN(C(=O)c4ccc(Cl)cc4)CC3)n2)c1. The number of piperidine rings is 1. The fourth-order valence-corrected chi connectivity index (χ4v) is 3.51. The lowest BCUT2D eigenvalue weighted by atomic mass is 9.96. The molecule has 0 spiro atoms. The molecule has 0 N–H and O–H groups in total. The number of ether oxygens (including phenoxy) is 1. The van der Waals surface area contributed by atoms with Crippen LogP contribution in [0.4, 0.5) is 0 Å². The van der Waals surface area contributed by atoms with Gasteiger partial charge in [-0.05, 0) is 49.2 Å². The molecule has 0 radical (unpaired) electrons. The monoisotopic (exact) mass is 397 g/mol. The number of hydrogen-bond acceptors (Lipinski definition) is 5. The van der Waals surface area contributed by atoms with Gasteiger partial charge in [0.15, 0.2) is 0 Å². The van der Waals surface area contributed by atoms with E-state index in [1.54, 1.807) is 31.4 Å². The van der Waals surface area contributed by atoms with Gasteiger partial charge in [-0.3, -0.25) is 4.79 Å². The Morgan fingerprint density at radius 1 is 1.18 bits per heavy atom. The highest BCUT2D eigenvalue weighted by atomic mass is 35.5. The van der Waals surface area contributed by atoms with Crippen molar-refractivity contribution in [2.24, 2.45) is 0 Å². The third kappa shape index (κ3) is 3.87. The molecule has 0 bridgehead atoms. The van der Waals surface area contributed by atoms with E-state index < -0.39 is 0 Å². The van der Waals surface area contributed by atoms with E-state index >= 15 is 0 Å². The van der Waals surface area contributed by atoms with Crippen molar-refractivity contribution in [3.8, 4) is 17.1 Å². The first-order valence-corrected chi connectivity index (χ1v) is 9.54. The summed E-state index contributed by atoms with van der Waals surface area (Å²) in [4.78, 5) is 19.0. The minimum Gasteiger partial charge on any atom is -0.497 e. The van der Waals surface area contributed by atoms with Crippen molar-refractivity contribution in [3.63, 3.8) is 0 Å². The normalized spacial score (nSPS) is 14.9. The molecule has 1 aliphatic heterocycles. The lowest BCUT2D eigenvalue weighted by Crippen LogP contribution is -2.37. The van der Waals surface area contributed by atoms with Crippen LogP contribution in [0.15, 0.2) is 53.1 Å². The second kappa shape index (κ2) is 8.02. The second-order valence-corrected chi connectivity index (χ2v) is 7.20. The molecule has 2 aromatic carbocycles. The quantitative estimate of drug-likeness (QED) is 0.651. The number of amides is 1. The highest BCUT2D eigenvalue weighted by Crippen LogP contribution is 2.30. The number of hydrogen-bond donors (Lipinski definition) is 0. The number of carbonyl (C=O) groups excluding carboxylic acids is 1. The van der Waals surface area contributed by atoms with Gasteiger partial charge in [0.1, 0.15) is 5.75 Å². The summed E-state index contributed by atoms with van der Waals surface area (Å²) in [7, 11) is 1.62. The van der Waals surface area contributed by atoms with E-state index in [2.05, 4.69) is 10.1 Å². The summed E-state index contributed by atoms with van der Waals surface area (Å²) in [6, 6.07) is 14.6. The summed E-state index contributed by atoms with van der Waals surface area (Å²) < 4.78 is 10.8. The second-order valence-electron chi connectivity index (χ2n) is 6.76. The summed E-state index contributed by atoms with van der Waals surface area (Å²) in [6.07, 6.45) is 1.58. The molecule has 144 valence electrons.